The van der Waals surface area contributed by atoms with Crippen LogP contribution in [0.4, 0.5) is 0 Å². The predicted octanol–water partition coefficient (Wildman–Crippen LogP) is 14.9. The van der Waals surface area contributed by atoms with Crippen molar-refractivity contribution >= 4 is 76.4 Å². The van der Waals surface area contributed by atoms with Gasteiger partial charge in [-0.1, -0.05) is 168 Å². The van der Waals surface area contributed by atoms with E-state index in [-0.39, 0.29) is 33.5 Å². The lowest BCUT2D eigenvalue weighted by Crippen LogP contribution is -2.34. The highest BCUT2D eigenvalue weighted by Gasteiger charge is 2.33. The van der Waals surface area contributed by atoms with Gasteiger partial charge in [-0.05, 0) is 138 Å². The number of hydrogen-bond acceptors (Lipinski definition) is 2. The molecule has 0 atom stereocenters. The molecule has 0 aromatic heterocycles. The molecule has 0 fully saturated rings. The summed E-state index contributed by atoms with van der Waals surface area (Å²) < 4.78 is 0. The van der Waals surface area contributed by atoms with Crippen molar-refractivity contribution in [2.75, 3.05) is 0 Å². The van der Waals surface area contributed by atoms with E-state index < -0.39 is 0 Å². The summed E-state index contributed by atoms with van der Waals surface area (Å²) >= 11 is 0. The Morgan fingerprint density at radius 3 is 1.03 bits per heavy atom. The standard InChI is InChI=1S/C56H53NO2/c1-53(2,3)32-23-30(24-33(27-32)54(4,5)6)43-47-36-17-13-15-29-16-14-18-37(42(29)36)48(47)44(31-25-34(55(7,8)9)28-35(26-31)56(10,11)12)50-39-20-22-41-46-40(51(58)57-52(41)59)21-19-38(45(39)46)49(43)50/h13-28H,1-12H3,(H,57,58,59). The van der Waals surface area contributed by atoms with Gasteiger partial charge in [-0.3, -0.25) is 14.9 Å². The molecule has 1 N–H and O–H groups in total. The minimum absolute atomic E-state index is 0.0977. The number of carbonyl (C=O) groups excluding carboxylic acids is 2. The van der Waals surface area contributed by atoms with Crippen LogP contribution in [-0.2, 0) is 21.7 Å². The van der Waals surface area contributed by atoms with Crippen LogP contribution < -0.4 is 5.32 Å². The monoisotopic (exact) mass is 771 g/mol. The maximum absolute atomic E-state index is 13.6. The smallest absolute Gasteiger partial charge is 0.258 e. The van der Waals surface area contributed by atoms with Gasteiger partial charge in [0.15, 0.2) is 0 Å². The summed E-state index contributed by atoms with van der Waals surface area (Å²) in [5.41, 5.74) is 10.7. The molecule has 1 aliphatic heterocycles. The van der Waals surface area contributed by atoms with Crippen molar-refractivity contribution in [1.29, 1.82) is 0 Å². The average Bonchev–Trinajstić information content (AvgIpc) is 3.67. The van der Waals surface area contributed by atoms with E-state index in [2.05, 4.69) is 173 Å². The molecule has 0 saturated heterocycles. The van der Waals surface area contributed by atoms with Crippen molar-refractivity contribution < 1.29 is 9.59 Å². The molecule has 9 aromatic rings. The van der Waals surface area contributed by atoms with E-state index in [0.717, 1.165) is 21.5 Å². The third-order valence-corrected chi connectivity index (χ3v) is 13.3. The second kappa shape index (κ2) is 11.9. The Kier molecular flexibility index (Phi) is 7.56. The van der Waals surface area contributed by atoms with Gasteiger partial charge in [-0.25, -0.2) is 0 Å². The van der Waals surface area contributed by atoms with Crippen LogP contribution in [0, 0.1) is 0 Å². The summed E-state index contributed by atoms with van der Waals surface area (Å²) in [5.74, 6) is -0.683. The first-order valence-electron chi connectivity index (χ1n) is 21.2. The summed E-state index contributed by atoms with van der Waals surface area (Å²) in [7, 11) is 0. The first-order valence-corrected chi connectivity index (χ1v) is 21.2. The molecule has 0 radical (unpaired) electrons. The molecule has 10 rings (SSSR count). The van der Waals surface area contributed by atoms with Gasteiger partial charge in [0.25, 0.3) is 11.8 Å². The Hall–Kier alpha value is -5.80. The lowest BCUT2D eigenvalue weighted by Gasteiger charge is -2.28. The van der Waals surface area contributed by atoms with Crippen LogP contribution in [0.15, 0.2) is 97.1 Å². The average molecular weight is 772 g/mol. The zero-order valence-corrected chi connectivity index (χ0v) is 36.6. The molecule has 294 valence electrons. The SMILES string of the molecule is CC(C)(C)c1cc(-c2c3c4cccc5cccc(c3c(-c3cc(C(C)(C)C)cc(C(C)(C)C)c3)c3c6ccc7c8c(ccc(c23)c86)C(=O)NC7=O)c54)cc(C(C)(C)C)c1. The van der Waals surface area contributed by atoms with Gasteiger partial charge >= 0.3 is 0 Å². The third kappa shape index (κ3) is 5.39. The minimum atomic E-state index is -0.342. The highest BCUT2D eigenvalue weighted by Crippen LogP contribution is 2.57. The van der Waals surface area contributed by atoms with Gasteiger partial charge < -0.3 is 0 Å². The topological polar surface area (TPSA) is 46.2 Å². The molecule has 0 bridgehead atoms. The Labute approximate surface area is 347 Å². The maximum atomic E-state index is 13.6. The van der Waals surface area contributed by atoms with Crippen molar-refractivity contribution in [2.45, 2.75) is 105 Å². The Bertz CT molecular complexity index is 3020. The molecule has 59 heavy (non-hydrogen) atoms. The van der Waals surface area contributed by atoms with Crippen molar-refractivity contribution in [3.05, 3.63) is 130 Å². The van der Waals surface area contributed by atoms with Crippen LogP contribution in [0.25, 0.3) is 86.9 Å². The first kappa shape index (κ1) is 37.5. The molecule has 9 aromatic carbocycles. The molecule has 0 unspecified atom stereocenters. The molecule has 3 heteroatoms. The second-order valence-corrected chi connectivity index (χ2v) is 21.4. The zero-order chi connectivity index (χ0) is 41.9. The van der Waals surface area contributed by atoms with Crippen LogP contribution in [0.1, 0.15) is 126 Å². The van der Waals surface area contributed by atoms with Crippen LogP contribution in [-0.4, -0.2) is 11.8 Å². The molecular weight excluding hydrogens is 719 g/mol. The normalized spacial score (nSPS) is 14.3. The minimum Gasteiger partial charge on any atom is -0.288 e. The van der Waals surface area contributed by atoms with Gasteiger partial charge in [0.2, 0.25) is 0 Å². The van der Waals surface area contributed by atoms with Crippen molar-refractivity contribution in [1.82, 2.24) is 5.32 Å². The lowest BCUT2D eigenvalue weighted by atomic mass is 9.76. The van der Waals surface area contributed by atoms with E-state index in [1.165, 1.54) is 87.6 Å². The molecule has 1 aliphatic rings. The van der Waals surface area contributed by atoms with E-state index in [0.29, 0.717) is 11.1 Å². The number of amides is 2. The summed E-state index contributed by atoms with van der Waals surface area (Å²) in [6, 6.07) is 36.3. The number of fused-ring (bicyclic) bond motifs is 6. The highest BCUT2D eigenvalue weighted by atomic mass is 16.2. The van der Waals surface area contributed by atoms with E-state index in [9.17, 15) is 9.59 Å². The lowest BCUT2D eigenvalue weighted by molar-refractivity contribution is 0.0845. The van der Waals surface area contributed by atoms with Crippen molar-refractivity contribution in [2.24, 2.45) is 0 Å². The third-order valence-electron chi connectivity index (χ3n) is 13.3. The van der Waals surface area contributed by atoms with E-state index in [1.54, 1.807) is 0 Å². The summed E-state index contributed by atoms with van der Waals surface area (Å²) in [5, 5.41) is 16.3. The predicted molar refractivity (Wildman–Crippen MR) is 251 cm³/mol. The molecule has 3 nitrogen and oxygen atoms in total. The molecular formula is C56H53NO2. The number of benzene rings is 7. The molecule has 0 spiro atoms. The van der Waals surface area contributed by atoms with Crippen LogP contribution in [0.2, 0.25) is 0 Å². The van der Waals surface area contributed by atoms with Gasteiger partial charge in [-0.2, -0.15) is 0 Å². The summed E-state index contributed by atoms with van der Waals surface area (Å²) in [4.78, 5) is 27.2. The fraction of sp³-hybridized carbons (Fsp3) is 0.286. The van der Waals surface area contributed by atoms with Crippen LogP contribution >= 0.6 is 0 Å². The van der Waals surface area contributed by atoms with Gasteiger partial charge in [0, 0.05) is 16.5 Å². The first-order chi connectivity index (χ1) is 27.6. The second-order valence-electron chi connectivity index (χ2n) is 21.4. The van der Waals surface area contributed by atoms with E-state index in [4.69, 9.17) is 0 Å². The van der Waals surface area contributed by atoms with E-state index >= 15 is 0 Å². The molecule has 0 aliphatic carbocycles. The van der Waals surface area contributed by atoms with Crippen molar-refractivity contribution in [3.8, 4) is 22.3 Å². The van der Waals surface area contributed by atoms with Gasteiger partial charge in [0.1, 0.15) is 0 Å². The highest BCUT2D eigenvalue weighted by molar-refractivity contribution is 6.48. The number of imide groups is 1. The van der Waals surface area contributed by atoms with Gasteiger partial charge in [0.05, 0.1) is 0 Å². The van der Waals surface area contributed by atoms with Crippen LogP contribution in [0.3, 0.4) is 0 Å². The Morgan fingerprint density at radius 2 is 0.695 bits per heavy atom. The largest absolute Gasteiger partial charge is 0.288 e. The Morgan fingerprint density at radius 1 is 0.356 bits per heavy atom. The fourth-order valence-electron chi connectivity index (χ4n) is 9.97. The van der Waals surface area contributed by atoms with E-state index in [1.807, 2.05) is 12.1 Å². The fourth-order valence-corrected chi connectivity index (χ4v) is 9.97. The number of nitrogens with one attached hydrogen (secondary N) is 1. The van der Waals surface area contributed by atoms with Crippen molar-refractivity contribution in [3.63, 3.8) is 0 Å². The number of carbonyl (C=O) groups is 2. The number of rotatable bonds is 2. The van der Waals surface area contributed by atoms with Gasteiger partial charge in [-0.15, -0.1) is 0 Å². The molecule has 0 saturated carbocycles. The quantitative estimate of drug-likeness (QED) is 0.178. The summed E-state index contributed by atoms with van der Waals surface area (Å²) in [6.45, 7) is 27.7. The maximum Gasteiger partial charge on any atom is 0.258 e. The molecule has 1 heterocycles. The zero-order valence-electron chi connectivity index (χ0n) is 36.6. The Balaban J connectivity index is 1.56. The molecule has 2 amide bonds. The summed E-state index contributed by atoms with van der Waals surface area (Å²) in [6.07, 6.45) is 0. The number of hydrogen-bond donors (Lipinski definition) is 1. The van der Waals surface area contributed by atoms with Crippen LogP contribution in [0.5, 0.6) is 0 Å².